The first-order chi connectivity index (χ1) is 13.1. The number of cyclic esters (lactones) is 1. The fourth-order valence-corrected chi connectivity index (χ4v) is 3.76. The highest BCUT2D eigenvalue weighted by Crippen LogP contribution is 2.39. The van der Waals surface area contributed by atoms with Crippen LogP contribution in [0.5, 0.6) is 23.0 Å². The molecule has 3 aliphatic rings. The molecular weight excluding hydrogens is 352 g/mol. The van der Waals surface area contributed by atoms with Crippen LogP contribution in [0.25, 0.3) is 0 Å². The maximum Gasteiger partial charge on any atom is 0.338 e. The Morgan fingerprint density at radius 3 is 2.15 bits per heavy atom. The molecule has 27 heavy (non-hydrogen) atoms. The van der Waals surface area contributed by atoms with Crippen LogP contribution in [0.15, 0.2) is 36.4 Å². The van der Waals surface area contributed by atoms with Gasteiger partial charge in [-0.05, 0) is 41.8 Å². The summed E-state index contributed by atoms with van der Waals surface area (Å²) in [6, 6.07) is 11.0. The minimum atomic E-state index is -1.59. The highest BCUT2D eigenvalue weighted by molar-refractivity contribution is 5.82. The van der Waals surface area contributed by atoms with Crippen molar-refractivity contribution in [2.24, 2.45) is 5.92 Å². The SMILES string of the molecule is O=C1OC[C@H](Cc2ccc3c(c2)OCO3)[C@@]1(O)Cc1ccc2c(c1)OCO2. The van der Waals surface area contributed by atoms with Gasteiger partial charge in [0, 0.05) is 12.3 Å². The third-order valence-electron chi connectivity index (χ3n) is 5.27. The van der Waals surface area contributed by atoms with Gasteiger partial charge in [0.25, 0.3) is 0 Å². The number of esters is 1. The van der Waals surface area contributed by atoms with Crippen molar-refractivity contribution in [2.75, 3.05) is 20.2 Å². The van der Waals surface area contributed by atoms with Gasteiger partial charge in [0.2, 0.25) is 13.6 Å². The topological polar surface area (TPSA) is 83.5 Å². The molecule has 2 aromatic rings. The highest BCUT2D eigenvalue weighted by Gasteiger charge is 2.51. The first-order valence-corrected chi connectivity index (χ1v) is 8.78. The van der Waals surface area contributed by atoms with Gasteiger partial charge >= 0.3 is 5.97 Å². The zero-order valence-corrected chi connectivity index (χ0v) is 14.5. The summed E-state index contributed by atoms with van der Waals surface area (Å²) < 4.78 is 26.6. The number of benzene rings is 2. The van der Waals surface area contributed by atoms with Crippen LogP contribution in [0.1, 0.15) is 11.1 Å². The van der Waals surface area contributed by atoms with Crippen molar-refractivity contribution in [3.8, 4) is 23.0 Å². The molecule has 0 bridgehead atoms. The van der Waals surface area contributed by atoms with Crippen LogP contribution in [0.2, 0.25) is 0 Å². The molecule has 2 aromatic carbocycles. The Hall–Kier alpha value is -2.93. The molecule has 0 radical (unpaired) electrons. The van der Waals surface area contributed by atoms with Crippen LogP contribution in [0, 0.1) is 5.92 Å². The quantitative estimate of drug-likeness (QED) is 0.822. The molecule has 7 nitrogen and oxygen atoms in total. The van der Waals surface area contributed by atoms with E-state index in [2.05, 4.69) is 0 Å². The van der Waals surface area contributed by atoms with Gasteiger partial charge in [0.05, 0.1) is 6.61 Å². The highest BCUT2D eigenvalue weighted by atomic mass is 16.7. The van der Waals surface area contributed by atoms with Gasteiger partial charge in [-0.3, -0.25) is 0 Å². The molecule has 0 amide bonds. The molecule has 1 saturated heterocycles. The second kappa shape index (κ2) is 6.06. The van der Waals surface area contributed by atoms with Gasteiger partial charge in [-0.15, -0.1) is 0 Å². The zero-order valence-electron chi connectivity index (χ0n) is 14.5. The summed E-state index contributed by atoms with van der Waals surface area (Å²) in [6.07, 6.45) is 0.640. The number of carbonyl (C=O) groups is 1. The molecule has 0 aliphatic carbocycles. The van der Waals surface area contributed by atoms with E-state index in [0.717, 1.165) is 11.1 Å². The van der Waals surface area contributed by atoms with Gasteiger partial charge < -0.3 is 28.8 Å². The molecule has 5 rings (SSSR count). The molecule has 1 N–H and O–H groups in total. The zero-order chi connectivity index (χ0) is 18.4. The maximum atomic E-state index is 12.3. The predicted octanol–water partition coefficient (Wildman–Crippen LogP) is 1.83. The fraction of sp³-hybridized carbons (Fsp3) is 0.350. The van der Waals surface area contributed by atoms with Crippen LogP contribution >= 0.6 is 0 Å². The Morgan fingerprint density at radius 1 is 0.852 bits per heavy atom. The lowest BCUT2D eigenvalue weighted by Gasteiger charge is -2.25. The number of fused-ring (bicyclic) bond motifs is 2. The van der Waals surface area contributed by atoms with Crippen LogP contribution in [0.3, 0.4) is 0 Å². The molecule has 1 fully saturated rings. The average Bonchev–Trinajstić information content (AvgIpc) is 3.37. The van der Waals surface area contributed by atoms with E-state index in [9.17, 15) is 9.90 Å². The molecule has 0 aromatic heterocycles. The summed E-state index contributed by atoms with van der Waals surface area (Å²) in [5.41, 5.74) is 0.146. The van der Waals surface area contributed by atoms with E-state index < -0.39 is 11.6 Å². The molecular formula is C20H18O7. The van der Waals surface area contributed by atoms with E-state index in [4.69, 9.17) is 23.7 Å². The first-order valence-electron chi connectivity index (χ1n) is 8.78. The minimum Gasteiger partial charge on any atom is -0.463 e. The van der Waals surface area contributed by atoms with E-state index in [1.165, 1.54) is 0 Å². The van der Waals surface area contributed by atoms with Gasteiger partial charge in [0.15, 0.2) is 28.6 Å². The van der Waals surface area contributed by atoms with Crippen LogP contribution in [-0.2, 0) is 22.4 Å². The maximum absolute atomic E-state index is 12.3. The molecule has 140 valence electrons. The Bertz CT molecular complexity index is 909. The third-order valence-corrected chi connectivity index (χ3v) is 5.27. The third kappa shape index (κ3) is 2.75. The summed E-state index contributed by atoms with van der Waals surface area (Å²) in [5, 5.41) is 11.2. The minimum absolute atomic E-state index is 0.150. The second-order valence-electron chi connectivity index (χ2n) is 6.98. The number of hydrogen-bond acceptors (Lipinski definition) is 7. The summed E-state index contributed by atoms with van der Waals surface area (Å²) in [6.45, 7) is 0.560. The molecule has 2 atom stereocenters. The summed E-state index contributed by atoms with van der Waals surface area (Å²) >= 11 is 0. The molecule has 0 spiro atoms. The van der Waals surface area contributed by atoms with Crippen LogP contribution < -0.4 is 18.9 Å². The summed E-state index contributed by atoms with van der Waals surface area (Å²) in [5.74, 6) is 1.71. The largest absolute Gasteiger partial charge is 0.463 e. The monoisotopic (exact) mass is 370 g/mol. The smallest absolute Gasteiger partial charge is 0.338 e. The molecule has 0 saturated carbocycles. The van der Waals surface area contributed by atoms with E-state index in [0.29, 0.717) is 29.4 Å². The van der Waals surface area contributed by atoms with Gasteiger partial charge in [-0.25, -0.2) is 4.79 Å². The number of hydrogen-bond donors (Lipinski definition) is 1. The second-order valence-corrected chi connectivity index (χ2v) is 6.98. The molecule has 0 unspecified atom stereocenters. The number of ether oxygens (including phenoxy) is 5. The van der Waals surface area contributed by atoms with Crippen molar-refractivity contribution < 1.29 is 33.6 Å². The lowest BCUT2D eigenvalue weighted by Crippen LogP contribution is -2.44. The molecule has 3 heterocycles. The fourth-order valence-electron chi connectivity index (χ4n) is 3.76. The van der Waals surface area contributed by atoms with Crippen LogP contribution in [0.4, 0.5) is 0 Å². The predicted molar refractivity (Wildman–Crippen MR) is 91.9 cm³/mol. The normalized spacial score (nSPS) is 24.9. The molecule has 3 aliphatic heterocycles. The van der Waals surface area contributed by atoms with Crippen molar-refractivity contribution in [2.45, 2.75) is 18.4 Å². The number of carbonyl (C=O) groups excluding carboxylic acids is 1. The Morgan fingerprint density at radius 2 is 1.44 bits per heavy atom. The van der Waals surface area contributed by atoms with Crippen molar-refractivity contribution in [1.29, 1.82) is 0 Å². The Labute approximate surface area is 155 Å². The lowest BCUT2D eigenvalue weighted by atomic mass is 9.81. The van der Waals surface area contributed by atoms with Gasteiger partial charge in [0.1, 0.15) is 0 Å². The molecule has 7 heteroatoms. The Kier molecular flexibility index (Phi) is 3.65. The van der Waals surface area contributed by atoms with Crippen molar-refractivity contribution >= 4 is 5.97 Å². The van der Waals surface area contributed by atoms with E-state index in [1.54, 1.807) is 12.1 Å². The number of aliphatic hydroxyl groups is 1. The van der Waals surface area contributed by atoms with E-state index in [1.807, 2.05) is 24.3 Å². The van der Waals surface area contributed by atoms with E-state index >= 15 is 0 Å². The standard InChI is InChI=1S/C20H18O7/c21-19-20(22,8-13-2-4-16-18(7-13)27-11-25-16)14(9-23-19)5-12-1-3-15-17(6-12)26-10-24-15/h1-4,6-7,14,22H,5,8-11H2/t14-,20-/m0/s1. The van der Waals surface area contributed by atoms with E-state index in [-0.39, 0.29) is 32.5 Å². The van der Waals surface area contributed by atoms with Gasteiger partial charge in [-0.2, -0.15) is 0 Å². The van der Waals surface area contributed by atoms with Crippen molar-refractivity contribution in [3.63, 3.8) is 0 Å². The van der Waals surface area contributed by atoms with Crippen LogP contribution in [-0.4, -0.2) is 36.9 Å². The first kappa shape index (κ1) is 16.3. The summed E-state index contributed by atoms with van der Waals surface area (Å²) in [4.78, 5) is 12.3. The summed E-state index contributed by atoms with van der Waals surface area (Å²) in [7, 11) is 0. The van der Waals surface area contributed by atoms with Gasteiger partial charge in [-0.1, -0.05) is 12.1 Å². The number of rotatable bonds is 4. The van der Waals surface area contributed by atoms with Crippen molar-refractivity contribution in [1.82, 2.24) is 0 Å². The van der Waals surface area contributed by atoms with Crippen molar-refractivity contribution in [3.05, 3.63) is 47.5 Å². The lowest BCUT2D eigenvalue weighted by molar-refractivity contribution is -0.154. The average molecular weight is 370 g/mol. The Balaban J connectivity index is 1.38.